The number of rotatable bonds is 5. The Kier molecular flexibility index (Phi) is 4.00. The second-order valence-corrected chi connectivity index (χ2v) is 5.13. The molecule has 0 spiro atoms. The van der Waals surface area contributed by atoms with Gasteiger partial charge in [0.05, 0.1) is 12.7 Å². The summed E-state index contributed by atoms with van der Waals surface area (Å²) in [6.07, 6.45) is -0.464. The van der Waals surface area contributed by atoms with Crippen LogP contribution >= 0.6 is 0 Å². The molecule has 0 fully saturated rings. The maximum atomic E-state index is 10.1. The Bertz CT molecular complexity index is 556. The number of aliphatic hydroxyl groups is 1. The molecule has 3 rings (SSSR count). The van der Waals surface area contributed by atoms with Crippen molar-refractivity contribution >= 4 is 0 Å². The summed E-state index contributed by atoms with van der Waals surface area (Å²) in [4.78, 5) is 0. The predicted molar refractivity (Wildman–Crippen MR) is 78.9 cm³/mol. The lowest BCUT2D eigenvalue weighted by Crippen LogP contribution is -2.27. The van der Waals surface area contributed by atoms with Crippen molar-refractivity contribution in [2.75, 3.05) is 19.7 Å². The molecule has 2 aromatic carbocycles. The summed E-state index contributed by atoms with van der Waals surface area (Å²) in [5.41, 5.74) is 2.21. The number of para-hydroxylation sites is 1. The lowest BCUT2D eigenvalue weighted by Gasteiger charge is -2.14. The van der Waals surface area contributed by atoms with Crippen LogP contribution in [0, 0.1) is 0 Å². The molecule has 0 aromatic heterocycles. The highest BCUT2D eigenvalue weighted by Crippen LogP contribution is 2.32. The first-order valence-electron chi connectivity index (χ1n) is 7.00. The van der Waals surface area contributed by atoms with Gasteiger partial charge in [0.15, 0.2) is 0 Å². The average molecular weight is 269 g/mol. The van der Waals surface area contributed by atoms with Crippen LogP contribution in [-0.2, 0) is 0 Å². The Balaban J connectivity index is 1.52. The van der Waals surface area contributed by atoms with Crippen LogP contribution in [0.1, 0.15) is 23.1 Å². The molecule has 0 saturated carbocycles. The number of fused-ring (bicyclic) bond motifs is 1. The molecular weight excluding hydrogens is 250 g/mol. The Labute approximate surface area is 119 Å². The van der Waals surface area contributed by atoms with Crippen LogP contribution in [0.3, 0.4) is 0 Å². The third kappa shape index (κ3) is 2.84. The van der Waals surface area contributed by atoms with Crippen molar-refractivity contribution in [3.05, 3.63) is 65.7 Å². The Morgan fingerprint density at radius 1 is 1.10 bits per heavy atom. The highest BCUT2D eigenvalue weighted by molar-refractivity contribution is 5.39. The van der Waals surface area contributed by atoms with Gasteiger partial charge in [0, 0.05) is 24.6 Å². The van der Waals surface area contributed by atoms with Crippen molar-refractivity contribution in [3.8, 4) is 5.75 Å². The molecule has 0 amide bonds. The number of nitrogens with one attached hydrogen (secondary N) is 1. The van der Waals surface area contributed by atoms with Gasteiger partial charge in [-0.2, -0.15) is 0 Å². The quantitative estimate of drug-likeness (QED) is 0.876. The molecule has 2 unspecified atom stereocenters. The van der Waals surface area contributed by atoms with Gasteiger partial charge in [0.1, 0.15) is 5.75 Å². The van der Waals surface area contributed by atoms with Crippen molar-refractivity contribution in [2.24, 2.45) is 0 Å². The standard InChI is InChI=1S/C17H19NO2/c19-16(13-6-2-1-3-7-13)11-18-10-14-12-20-17-9-5-4-8-15(14)17/h1-9,14,16,18-19H,10-12H2. The van der Waals surface area contributed by atoms with Crippen LogP contribution in [-0.4, -0.2) is 24.8 Å². The van der Waals surface area contributed by atoms with Gasteiger partial charge in [0.2, 0.25) is 0 Å². The van der Waals surface area contributed by atoms with E-state index in [1.807, 2.05) is 48.5 Å². The molecule has 20 heavy (non-hydrogen) atoms. The van der Waals surface area contributed by atoms with Gasteiger partial charge in [-0.25, -0.2) is 0 Å². The molecule has 3 nitrogen and oxygen atoms in total. The molecule has 2 N–H and O–H groups in total. The van der Waals surface area contributed by atoms with Gasteiger partial charge in [-0.1, -0.05) is 48.5 Å². The molecule has 1 heterocycles. The fraction of sp³-hybridized carbons (Fsp3) is 0.294. The molecule has 0 bridgehead atoms. The van der Waals surface area contributed by atoms with E-state index in [0.717, 1.165) is 17.9 Å². The first kappa shape index (κ1) is 13.2. The molecule has 1 aliphatic rings. The number of ether oxygens (including phenoxy) is 1. The first-order valence-corrected chi connectivity index (χ1v) is 7.00. The fourth-order valence-corrected chi connectivity index (χ4v) is 2.59. The summed E-state index contributed by atoms with van der Waals surface area (Å²) in [6.45, 7) is 2.09. The molecule has 104 valence electrons. The van der Waals surface area contributed by atoms with E-state index < -0.39 is 6.10 Å². The van der Waals surface area contributed by atoms with Crippen molar-refractivity contribution in [3.63, 3.8) is 0 Å². The number of aliphatic hydroxyl groups excluding tert-OH is 1. The van der Waals surface area contributed by atoms with Crippen LogP contribution in [0.25, 0.3) is 0 Å². The van der Waals surface area contributed by atoms with E-state index in [2.05, 4.69) is 11.4 Å². The zero-order valence-electron chi connectivity index (χ0n) is 11.3. The van der Waals surface area contributed by atoms with Crippen LogP contribution in [0.15, 0.2) is 54.6 Å². The maximum Gasteiger partial charge on any atom is 0.122 e. The van der Waals surface area contributed by atoms with Gasteiger partial charge in [-0.3, -0.25) is 0 Å². The van der Waals surface area contributed by atoms with Gasteiger partial charge < -0.3 is 15.2 Å². The molecule has 0 aliphatic carbocycles. The molecule has 1 aliphatic heterocycles. The molecule has 3 heteroatoms. The summed E-state index contributed by atoms with van der Waals surface area (Å²) in [5.74, 6) is 1.36. The smallest absolute Gasteiger partial charge is 0.122 e. The largest absolute Gasteiger partial charge is 0.493 e. The van der Waals surface area contributed by atoms with E-state index in [9.17, 15) is 5.11 Å². The fourth-order valence-electron chi connectivity index (χ4n) is 2.59. The predicted octanol–water partition coefficient (Wildman–Crippen LogP) is 2.49. The average Bonchev–Trinajstić information content (AvgIpc) is 2.92. The summed E-state index contributed by atoms with van der Waals surface area (Å²) < 4.78 is 5.65. The zero-order chi connectivity index (χ0) is 13.8. The van der Waals surface area contributed by atoms with Crippen molar-refractivity contribution in [1.82, 2.24) is 5.32 Å². The third-order valence-electron chi connectivity index (χ3n) is 3.71. The van der Waals surface area contributed by atoms with Gasteiger partial charge in [0.25, 0.3) is 0 Å². The van der Waals surface area contributed by atoms with E-state index in [1.165, 1.54) is 5.56 Å². The number of benzene rings is 2. The topological polar surface area (TPSA) is 41.5 Å². The normalized spacial score (nSPS) is 18.4. The molecule has 2 atom stereocenters. The Morgan fingerprint density at radius 2 is 1.85 bits per heavy atom. The monoisotopic (exact) mass is 269 g/mol. The minimum atomic E-state index is -0.464. The Hall–Kier alpha value is -1.84. The summed E-state index contributed by atoms with van der Waals surface area (Å²) in [5, 5.41) is 13.4. The van der Waals surface area contributed by atoms with Gasteiger partial charge >= 0.3 is 0 Å². The van der Waals surface area contributed by atoms with E-state index in [0.29, 0.717) is 19.1 Å². The van der Waals surface area contributed by atoms with E-state index in [4.69, 9.17) is 4.74 Å². The van der Waals surface area contributed by atoms with Crippen LogP contribution < -0.4 is 10.1 Å². The maximum absolute atomic E-state index is 10.1. The van der Waals surface area contributed by atoms with Crippen LogP contribution in [0.4, 0.5) is 0 Å². The van der Waals surface area contributed by atoms with Crippen molar-refractivity contribution < 1.29 is 9.84 Å². The van der Waals surface area contributed by atoms with Crippen molar-refractivity contribution in [2.45, 2.75) is 12.0 Å². The summed E-state index contributed by atoms with van der Waals surface area (Å²) in [6, 6.07) is 17.9. The van der Waals surface area contributed by atoms with E-state index in [1.54, 1.807) is 0 Å². The van der Waals surface area contributed by atoms with Crippen LogP contribution in [0.5, 0.6) is 5.75 Å². The zero-order valence-corrected chi connectivity index (χ0v) is 11.3. The minimum Gasteiger partial charge on any atom is -0.493 e. The molecule has 2 aromatic rings. The van der Waals surface area contributed by atoms with Gasteiger partial charge in [-0.05, 0) is 11.6 Å². The third-order valence-corrected chi connectivity index (χ3v) is 3.71. The molecule has 0 radical (unpaired) electrons. The number of hydrogen-bond acceptors (Lipinski definition) is 3. The van der Waals surface area contributed by atoms with Crippen LogP contribution in [0.2, 0.25) is 0 Å². The SMILES string of the molecule is OC(CNCC1COc2ccccc21)c1ccccc1. The minimum absolute atomic E-state index is 0.370. The van der Waals surface area contributed by atoms with E-state index >= 15 is 0 Å². The number of hydrogen-bond donors (Lipinski definition) is 2. The second kappa shape index (κ2) is 6.07. The summed E-state index contributed by atoms with van der Waals surface area (Å²) >= 11 is 0. The second-order valence-electron chi connectivity index (χ2n) is 5.13. The molecule has 0 saturated heterocycles. The van der Waals surface area contributed by atoms with E-state index in [-0.39, 0.29) is 0 Å². The Morgan fingerprint density at radius 3 is 2.70 bits per heavy atom. The summed E-state index contributed by atoms with van der Waals surface area (Å²) in [7, 11) is 0. The lowest BCUT2D eigenvalue weighted by atomic mass is 10.0. The van der Waals surface area contributed by atoms with Crippen molar-refractivity contribution in [1.29, 1.82) is 0 Å². The van der Waals surface area contributed by atoms with Gasteiger partial charge in [-0.15, -0.1) is 0 Å². The highest BCUT2D eigenvalue weighted by atomic mass is 16.5. The lowest BCUT2D eigenvalue weighted by molar-refractivity contribution is 0.173. The first-order chi connectivity index (χ1) is 9.84. The highest BCUT2D eigenvalue weighted by Gasteiger charge is 2.23. The molecular formula is C17H19NO2.